The minimum absolute atomic E-state index is 0.0791. The Morgan fingerprint density at radius 2 is 1.89 bits per heavy atom. The highest BCUT2D eigenvalue weighted by Crippen LogP contribution is 2.21. The summed E-state index contributed by atoms with van der Waals surface area (Å²) in [6, 6.07) is 5.36. The van der Waals surface area contributed by atoms with Crippen LogP contribution in [0.15, 0.2) is 23.0 Å². The molecule has 0 spiro atoms. The van der Waals surface area contributed by atoms with E-state index in [1.165, 1.54) is 11.0 Å². The molecule has 1 aliphatic rings. The predicted molar refractivity (Wildman–Crippen MR) is 109 cm³/mol. The van der Waals surface area contributed by atoms with E-state index >= 15 is 0 Å². The van der Waals surface area contributed by atoms with Crippen molar-refractivity contribution in [1.82, 2.24) is 9.55 Å². The minimum atomic E-state index is -0.277. The average molecular weight is 389 g/mol. The van der Waals surface area contributed by atoms with Gasteiger partial charge in [-0.2, -0.15) is 0 Å². The quantitative estimate of drug-likeness (QED) is 0.871. The first-order valence-corrected chi connectivity index (χ1v) is 9.63. The topological polar surface area (TPSA) is 67.2 Å². The van der Waals surface area contributed by atoms with Crippen LogP contribution in [0.3, 0.4) is 0 Å². The summed E-state index contributed by atoms with van der Waals surface area (Å²) in [4.78, 5) is 32.2. The molecular weight excluding hydrogens is 364 g/mol. The number of nitrogens with one attached hydrogen (secondary N) is 1. The lowest BCUT2D eigenvalue weighted by Crippen LogP contribution is -2.39. The molecule has 144 valence electrons. The molecule has 1 amide bonds. The molecule has 27 heavy (non-hydrogen) atoms. The largest absolute Gasteiger partial charge is 0.342 e. The fraction of sp³-hybridized carbons (Fsp3) is 0.450. The first-order valence-electron chi connectivity index (χ1n) is 9.26. The maximum absolute atomic E-state index is 12.8. The predicted octanol–water partition coefficient (Wildman–Crippen LogP) is 3.45. The van der Waals surface area contributed by atoms with Gasteiger partial charge in [0.2, 0.25) is 11.9 Å². The van der Waals surface area contributed by atoms with Gasteiger partial charge in [0.15, 0.2) is 0 Å². The summed E-state index contributed by atoms with van der Waals surface area (Å²) in [6.45, 7) is 7.11. The Balaban J connectivity index is 1.88. The van der Waals surface area contributed by atoms with E-state index in [0.29, 0.717) is 27.9 Å². The van der Waals surface area contributed by atoms with Crippen molar-refractivity contribution in [2.24, 2.45) is 0 Å². The Morgan fingerprint density at radius 1 is 1.19 bits per heavy atom. The molecule has 0 aliphatic carbocycles. The number of piperidine rings is 1. The van der Waals surface area contributed by atoms with Gasteiger partial charge in [0.1, 0.15) is 6.54 Å². The number of rotatable bonds is 4. The van der Waals surface area contributed by atoms with Crippen molar-refractivity contribution in [3.8, 4) is 0 Å². The van der Waals surface area contributed by atoms with Crippen LogP contribution < -0.4 is 15.8 Å². The average Bonchev–Trinajstić information content (AvgIpc) is 2.65. The molecule has 2 aromatic rings. The van der Waals surface area contributed by atoms with Crippen molar-refractivity contribution in [2.45, 2.75) is 46.6 Å². The highest BCUT2D eigenvalue weighted by atomic mass is 35.5. The minimum Gasteiger partial charge on any atom is -0.342 e. The van der Waals surface area contributed by atoms with Gasteiger partial charge in [0, 0.05) is 35.1 Å². The second-order valence-corrected chi connectivity index (χ2v) is 7.48. The van der Waals surface area contributed by atoms with E-state index in [4.69, 9.17) is 11.6 Å². The maximum atomic E-state index is 12.8. The zero-order chi connectivity index (χ0) is 19.6. The summed E-state index contributed by atoms with van der Waals surface area (Å²) < 4.78 is 1.48. The van der Waals surface area contributed by atoms with Crippen molar-refractivity contribution in [2.75, 3.05) is 23.3 Å². The second kappa shape index (κ2) is 8.13. The standard InChI is InChI=1S/C20H25ClN4O2/c1-13-7-8-16(11-17(13)21)23-18(26)12-25-19(27)14(2)15(3)22-20(25)24-9-5-4-6-10-24/h7-8,11H,4-6,9-10,12H2,1-3H3,(H,23,26). The van der Waals surface area contributed by atoms with Crippen LogP contribution in [-0.2, 0) is 11.3 Å². The third-order valence-electron chi connectivity index (χ3n) is 5.01. The van der Waals surface area contributed by atoms with Gasteiger partial charge in [-0.1, -0.05) is 17.7 Å². The first kappa shape index (κ1) is 19.4. The van der Waals surface area contributed by atoms with E-state index in [0.717, 1.165) is 31.5 Å². The lowest BCUT2D eigenvalue weighted by atomic mass is 10.1. The molecule has 0 bridgehead atoms. The number of nitrogens with zero attached hydrogens (tertiary/aromatic N) is 3. The van der Waals surface area contributed by atoms with Crippen molar-refractivity contribution < 1.29 is 4.79 Å². The van der Waals surface area contributed by atoms with Gasteiger partial charge < -0.3 is 10.2 Å². The number of halogens is 1. The molecule has 0 unspecified atom stereocenters. The zero-order valence-electron chi connectivity index (χ0n) is 16.0. The van der Waals surface area contributed by atoms with E-state index in [9.17, 15) is 9.59 Å². The lowest BCUT2D eigenvalue weighted by Gasteiger charge is -2.30. The molecule has 1 aliphatic heterocycles. The summed E-state index contributed by atoms with van der Waals surface area (Å²) in [5, 5.41) is 3.41. The summed E-state index contributed by atoms with van der Waals surface area (Å²) in [6.07, 6.45) is 3.31. The third-order valence-corrected chi connectivity index (χ3v) is 5.42. The molecule has 1 aromatic carbocycles. The molecule has 1 saturated heterocycles. The zero-order valence-corrected chi connectivity index (χ0v) is 16.8. The van der Waals surface area contributed by atoms with Gasteiger partial charge in [-0.05, 0) is 57.7 Å². The summed E-state index contributed by atoms with van der Waals surface area (Å²) in [7, 11) is 0. The number of carbonyl (C=O) groups is 1. The summed E-state index contributed by atoms with van der Waals surface area (Å²) in [5.74, 6) is 0.306. The molecule has 1 aromatic heterocycles. The van der Waals surface area contributed by atoms with Gasteiger partial charge >= 0.3 is 0 Å². The molecule has 7 heteroatoms. The monoisotopic (exact) mass is 388 g/mol. The van der Waals surface area contributed by atoms with Crippen LogP contribution >= 0.6 is 11.6 Å². The van der Waals surface area contributed by atoms with E-state index in [1.54, 1.807) is 19.1 Å². The maximum Gasteiger partial charge on any atom is 0.258 e. The highest BCUT2D eigenvalue weighted by Gasteiger charge is 2.21. The van der Waals surface area contributed by atoms with Gasteiger partial charge in [-0.25, -0.2) is 4.98 Å². The van der Waals surface area contributed by atoms with Gasteiger partial charge in [-0.3, -0.25) is 14.2 Å². The molecule has 0 saturated carbocycles. The third kappa shape index (κ3) is 4.33. The van der Waals surface area contributed by atoms with Crippen LogP contribution in [0.25, 0.3) is 0 Å². The number of aromatic nitrogens is 2. The van der Waals surface area contributed by atoms with E-state index in [-0.39, 0.29) is 18.0 Å². The van der Waals surface area contributed by atoms with Gasteiger partial charge in [-0.15, -0.1) is 0 Å². The number of carbonyl (C=O) groups excluding carboxylic acids is 1. The van der Waals surface area contributed by atoms with Crippen molar-refractivity contribution in [3.05, 3.63) is 50.4 Å². The molecule has 1 N–H and O–H groups in total. The number of amides is 1. The van der Waals surface area contributed by atoms with Crippen LogP contribution in [0.4, 0.5) is 11.6 Å². The van der Waals surface area contributed by atoms with Crippen LogP contribution in [0.5, 0.6) is 0 Å². The van der Waals surface area contributed by atoms with Crippen LogP contribution in [0.2, 0.25) is 5.02 Å². The molecule has 0 radical (unpaired) electrons. The highest BCUT2D eigenvalue weighted by molar-refractivity contribution is 6.31. The van der Waals surface area contributed by atoms with Crippen LogP contribution in [0.1, 0.15) is 36.1 Å². The normalized spacial score (nSPS) is 14.3. The van der Waals surface area contributed by atoms with Crippen molar-refractivity contribution in [3.63, 3.8) is 0 Å². The van der Waals surface area contributed by atoms with Gasteiger partial charge in [0.25, 0.3) is 5.56 Å². The Kier molecular flexibility index (Phi) is 5.85. The molecule has 3 rings (SSSR count). The molecule has 1 fully saturated rings. The lowest BCUT2D eigenvalue weighted by molar-refractivity contribution is -0.116. The smallest absolute Gasteiger partial charge is 0.258 e. The molecule has 2 heterocycles. The first-order chi connectivity index (χ1) is 12.9. The number of aryl methyl sites for hydroxylation is 2. The number of hydrogen-bond acceptors (Lipinski definition) is 4. The van der Waals surface area contributed by atoms with Crippen LogP contribution in [-0.4, -0.2) is 28.5 Å². The molecule has 0 atom stereocenters. The van der Waals surface area contributed by atoms with E-state index < -0.39 is 0 Å². The molecular formula is C20H25ClN4O2. The SMILES string of the molecule is Cc1ccc(NC(=O)Cn2c(N3CCCCC3)nc(C)c(C)c2=O)cc1Cl. The summed E-state index contributed by atoms with van der Waals surface area (Å²) >= 11 is 6.12. The van der Waals surface area contributed by atoms with Gasteiger partial charge in [0.05, 0.1) is 0 Å². The fourth-order valence-electron chi connectivity index (χ4n) is 3.23. The van der Waals surface area contributed by atoms with Crippen molar-refractivity contribution in [1.29, 1.82) is 0 Å². The Morgan fingerprint density at radius 3 is 2.56 bits per heavy atom. The molecule has 6 nitrogen and oxygen atoms in total. The Bertz CT molecular complexity index is 917. The van der Waals surface area contributed by atoms with Crippen LogP contribution in [0, 0.1) is 20.8 Å². The van der Waals surface area contributed by atoms with Crippen molar-refractivity contribution >= 4 is 29.1 Å². The number of anilines is 2. The Labute approximate surface area is 164 Å². The fourth-order valence-corrected chi connectivity index (χ4v) is 3.42. The second-order valence-electron chi connectivity index (χ2n) is 7.07. The number of hydrogen-bond donors (Lipinski definition) is 1. The summed E-state index contributed by atoms with van der Waals surface area (Å²) in [5.41, 5.74) is 2.67. The van der Waals surface area contributed by atoms with E-state index in [2.05, 4.69) is 15.2 Å². The van der Waals surface area contributed by atoms with E-state index in [1.807, 2.05) is 19.9 Å². The number of benzene rings is 1. The Hall–Kier alpha value is -2.34.